The van der Waals surface area contributed by atoms with Crippen LogP contribution in [0.15, 0.2) is 65.6 Å². The second-order valence-corrected chi connectivity index (χ2v) is 10.5. The van der Waals surface area contributed by atoms with E-state index in [1.165, 1.54) is 55.6 Å². The number of halogens is 5. The number of benzene rings is 3. The van der Waals surface area contributed by atoms with E-state index in [9.17, 15) is 26.4 Å². The number of amides is 1. The number of ether oxygens (including phenoxy) is 1. The predicted molar refractivity (Wildman–Crippen MR) is 132 cm³/mol. The molecule has 0 spiro atoms. The lowest BCUT2D eigenvalue weighted by Gasteiger charge is -2.20. The van der Waals surface area contributed by atoms with Crippen LogP contribution in [0.25, 0.3) is 0 Å². The van der Waals surface area contributed by atoms with E-state index in [1.807, 2.05) is 0 Å². The van der Waals surface area contributed by atoms with Gasteiger partial charge in [-0.2, -0.15) is 17.5 Å². The van der Waals surface area contributed by atoms with Crippen LogP contribution >= 0.6 is 23.2 Å². The minimum Gasteiger partial charge on any atom is -0.494 e. The molecule has 1 amide bonds. The molecule has 12 heteroatoms. The molecule has 3 aromatic rings. The van der Waals surface area contributed by atoms with Gasteiger partial charge in [-0.15, -0.1) is 0 Å². The van der Waals surface area contributed by atoms with Gasteiger partial charge in [-0.3, -0.25) is 4.79 Å². The number of hydrogen-bond donors (Lipinski definition) is 1. The molecule has 3 aromatic carbocycles. The Kier molecular flexibility index (Phi) is 8.55. The molecule has 1 N–H and O–H groups in total. The second-order valence-electron chi connectivity index (χ2n) is 7.62. The van der Waals surface area contributed by atoms with Crippen molar-refractivity contribution in [2.75, 3.05) is 19.0 Å². The molecule has 0 fully saturated rings. The summed E-state index contributed by atoms with van der Waals surface area (Å²) in [7, 11) is -2.52. The van der Waals surface area contributed by atoms with Crippen LogP contribution < -0.4 is 10.1 Å². The Morgan fingerprint density at radius 2 is 1.69 bits per heavy atom. The number of sulfonamides is 1. The number of anilines is 1. The van der Waals surface area contributed by atoms with Crippen molar-refractivity contribution in [3.8, 4) is 5.75 Å². The Morgan fingerprint density at radius 1 is 1.03 bits per heavy atom. The molecule has 0 unspecified atom stereocenters. The summed E-state index contributed by atoms with van der Waals surface area (Å²) in [5.41, 5.74) is -0.705. The molecule has 0 radical (unpaired) electrons. The van der Waals surface area contributed by atoms with Crippen LogP contribution in [0, 0.1) is 0 Å². The first-order chi connectivity index (χ1) is 16.8. The summed E-state index contributed by atoms with van der Waals surface area (Å²) in [6, 6.07) is 13.1. The molecule has 0 heterocycles. The van der Waals surface area contributed by atoms with Gasteiger partial charge >= 0.3 is 6.18 Å². The highest BCUT2D eigenvalue weighted by Gasteiger charge is 2.33. The van der Waals surface area contributed by atoms with Crippen LogP contribution in [-0.4, -0.2) is 32.3 Å². The fourth-order valence-corrected chi connectivity index (χ4v) is 4.78. The number of rotatable bonds is 8. The van der Waals surface area contributed by atoms with E-state index in [0.29, 0.717) is 16.3 Å². The van der Waals surface area contributed by atoms with Crippen molar-refractivity contribution in [3.63, 3.8) is 0 Å². The van der Waals surface area contributed by atoms with E-state index in [0.717, 1.165) is 16.4 Å². The largest absolute Gasteiger partial charge is 0.494 e. The number of carbonyl (C=O) groups excluding carboxylic acids is 1. The highest BCUT2D eigenvalue weighted by molar-refractivity contribution is 7.89. The molecule has 0 aliphatic carbocycles. The van der Waals surface area contributed by atoms with E-state index in [1.54, 1.807) is 6.92 Å². The van der Waals surface area contributed by atoms with E-state index in [2.05, 4.69) is 5.32 Å². The van der Waals surface area contributed by atoms with Crippen LogP contribution in [0.3, 0.4) is 0 Å². The van der Waals surface area contributed by atoms with E-state index < -0.39 is 32.7 Å². The number of carbonyl (C=O) groups is 1. The number of nitrogens with one attached hydrogen (secondary N) is 1. The van der Waals surface area contributed by atoms with Crippen LogP contribution in [-0.2, 0) is 22.7 Å². The Balaban J connectivity index is 1.88. The molecule has 36 heavy (non-hydrogen) atoms. The molecule has 0 aliphatic heterocycles. The maximum Gasteiger partial charge on any atom is 0.417 e. The van der Waals surface area contributed by atoms with Gasteiger partial charge < -0.3 is 10.1 Å². The normalized spacial score (nSPS) is 12.0. The Labute approximate surface area is 216 Å². The van der Waals surface area contributed by atoms with Crippen molar-refractivity contribution >= 4 is 44.8 Å². The van der Waals surface area contributed by atoms with Crippen molar-refractivity contribution in [1.82, 2.24) is 4.31 Å². The molecule has 0 saturated heterocycles. The van der Waals surface area contributed by atoms with E-state index in [-0.39, 0.29) is 29.3 Å². The summed E-state index contributed by atoms with van der Waals surface area (Å²) < 4.78 is 72.1. The maximum atomic E-state index is 13.1. The van der Waals surface area contributed by atoms with Gasteiger partial charge in [0, 0.05) is 35.4 Å². The third kappa shape index (κ3) is 6.50. The van der Waals surface area contributed by atoms with E-state index >= 15 is 0 Å². The summed E-state index contributed by atoms with van der Waals surface area (Å²) in [6.07, 6.45) is -4.69. The van der Waals surface area contributed by atoms with Gasteiger partial charge in [-0.1, -0.05) is 23.2 Å². The second kappa shape index (κ2) is 11.1. The van der Waals surface area contributed by atoms with Gasteiger partial charge in [0.15, 0.2) is 0 Å². The molecule has 6 nitrogen and oxygen atoms in total. The van der Waals surface area contributed by atoms with Crippen molar-refractivity contribution in [2.24, 2.45) is 0 Å². The number of hydrogen-bond acceptors (Lipinski definition) is 4. The highest BCUT2D eigenvalue weighted by Crippen LogP contribution is 2.36. The molecule has 3 rings (SSSR count). The minimum absolute atomic E-state index is 0.0319. The van der Waals surface area contributed by atoms with Crippen LogP contribution in [0.5, 0.6) is 5.75 Å². The SMILES string of the molecule is CCOc1ccc(C(=O)Nc2ccc(Cl)c(C(F)(F)F)c2)cc1CN(C)S(=O)(=O)c1ccc(Cl)cc1. The number of alkyl halides is 3. The Bertz CT molecular complexity index is 1360. The average molecular weight is 561 g/mol. The van der Waals surface area contributed by atoms with Gasteiger partial charge in [-0.05, 0) is 67.6 Å². The molecular weight excluding hydrogens is 540 g/mol. The molecular formula is C24H21Cl2F3N2O4S. The lowest BCUT2D eigenvalue weighted by Crippen LogP contribution is -2.27. The van der Waals surface area contributed by atoms with Crippen molar-refractivity contribution in [2.45, 2.75) is 24.5 Å². The van der Waals surface area contributed by atoms with Crippen LogP contribution in [0.1, 0.15) is 28.4 Å². The maximum absolute atomic E-state index is 13.1. The lowest BCUT2D eigenvalue weighted by atomic mass is 10.1. The molecule has 0 atom stereocenters. The van der Waals surface area contributed by atoms with Crippen LogP contribution in [0.4, 0.5) is 18.9 Å². The molecule has 0 aromatic heterocycles. The molecule has 0 bridgehead atoms. The zero-order chi connectivity index (χ0) is 26.7. The highest BCUT2D eigenvalue weighted by atomic mass is 35.5. The smallest absolute Gasteiger partial charge is 0.417 e. The minimum atomic E-state index is -4.69. The van der Waals surface area contributed by atoms with E-state index in [4.69, 9.17) is 27.9 Å². The third-order valence-corrected chi connectivity index (χ3v) is 7.47. The standard InChI is InChI=1S/C24H21Cl2F3N2O4S/c1-3-35-22-11-4-15(23(32)30-18-7-10-21(26)20(13-18)24(27,28)29)12-16(22)14-31(2)36(33,34)19-8-5-17(25)6-9-19/h4-13H,3,14H2,1-2H3,(H,30,32). The molecule has 0 saturated carbocycles. The molecule has 192 valence electrons. The topological polar surface area (TPSA) is 75.7 Å². The molecule has 0 aliphatic rings. The monoisotopic (exact) mass is 560 g/mol. The van der Waals surface area contributed by atoms with Gasteiger partial charge in [0.1, 0.15) is 5.75 Å². The zero-order valence-corrected chi connectivity index (χ0v) is 21.4. The lowest BCUT2D eigenvalue weighted by molar-refractivity contribution is -0.137. The summed E-state index contributed by atoms with van der Waals surface area (Å²) in [4.78, 5) is 12.8. The summed E-state index contributed by atoms with van der Waals surface area (Å²) in [5, 5.41) is 2.30. The summed E-state index contributed by atoms with van der Waals surface area (Å²) in [5.74, 6) is -0.337. The fraction of sp³-hybridized carbons (Fsp3) is 0.208. The predicted octanol–water partition coefficient (Wildman–Crippen LogP) is 6.48. The van der Waals surface area contributed by atoms with Crippen molar-refractivity contribution < 1.29 is 31.1 Å². The first-order valence-electron chi connectivity index (χ1n) is 10.5. The van der Waals surface area contributed by atoms with Gasteiger partial charge in [-0.25, -0.2) is 8.42 Å². The van der Waals surface area contributed by atoms with Crippen LogP contribution in [0.2, 0.25) is 10.0 Å². The average Bonchev–Trinajstić information content (AvgIpc) is 2.81. The third-order valence-electron chi connectivity index (χ3n) is 5.07. The van der Waals surface area contributed by atoms with Gasteiger partial charge in [0.2, 0.25) is 10.0 Å². The Morgan fingerprint density at radius 3 is 2.31 bits per heavy atom. The van der Waals surface area contributed by atoms with Crippen molar-refractivity contribution in [3.05, 3.63) is 87.4 Å². The first-order valence-corrected chi connectivity index (χ1v) is 12.7. The quantitative estimate of drug-likeness (QED) is 0.342. The fourth-order valence-electron chi connectivity index (χ4n) is 3.28. The first kappa shape index (κ1) is 27.8. The van der Waals surface area contributed by atoms with Crippen molar-refractivity contribution in [1.29, 1.82) is 0 Å². The zero-order valence-electron chi connectivity index (χ0n) is 19.1. The summed E-state index contributed by atoms with van der Waals surface area (Å²) >= 11 is 11.5. The summed E-state index contributed by atoms with van der Waals surface area (Å²) in [6.45, 7) is 1.90. The van der Waals surface area contributed by atoms with Gasteiger partial charge in [0.05, 0.1) is 22.1 Å². The van der Waals surface area contributed by atoms with Gasteiger partial charge in [0.25, 0.3) is 5.91 Å². The Hall–Kier alpha value is -2.79. The number of nitrogens with zero attached hydrogens (tertiary/aromatic N) is 1.